The van der Waals surface area contributed by atoms with Crippen LogP contribution in [0.25, 0.3) is 0 Å². The molecule has 1 saturated heterocycles. The zero-order chi connectivity index (χ0) is 14.3. The molecule has 112 valence electrons. The van der Waals surface area contributed by atoms with Crippen LogP contribution in [0.3, 0.4) is 0 Å². The predicted octanol–water partition coefficient (Wildman–Crippen LogP) is 1.54. The summed E-state index contributed by atoms with van der Waals surface area (Å²) < 4.78 is 5.33. The number of ether oxygens (including phenoxy) is 1. The Morgan fingerprint density at radius 2 is 2.05 bits per heavy atom. The summed E-state index contributed by atoms with van der Waals surface area (Å²) in [5, 5.41) is 3.39. The van der Waals surface area contributed by atoms with E-state index in [0.717, 1.165) is 45.7 Å². The summed E-state index contributed by atoms with van der Waals surface area (Å²) in [7, 11) is 1.80. The van der Waals surface area contributed by atoms with Gasteiger partial charge in [-0.15, -0.1) is 0 Å². The van der Waals surface area contributed by atoms with Crippen LogP contribution in [0.1, 0.15) is 33.6 Å². The number of rotatable bonds is 4. The van der Waals surface area contributed by atoms with Crippen molar-refractivity contribution in [2.24, 2.45) is 0 Å². The highest BCUT2D eigenvalue weighted by atomic mass is 16.6. The van der Waals surface area contributed by atoms with Crippen LogP contribution in [0, 0.1) is 0 Å². The van der Waals surface area contributed by atoms with Crippen LogP contribution in [0.2, 0.25) is 0 Å². The monoisotopic (exact) mass is 271 g/mol. The first-order valence-electron chi connectivity index (χ1n) is 7.26. The van der Waals surface area contributed by atoms with E-state index in [9.17, 15) is 4.79 Å². The number of nitrogens with zero attached hydrogens (tertiary/aromatic N) is 2. The number of carbonyl (C=O) groups excluding carboxylic acids is 1. The predicted molar refractivity (Wildman–Crippen MR) is 77.4 cm³/mol. The van der Waals surface area contributed by atoms with Crippen molar-refractivity contribution in [2.45, 2.75) is 39.2 Å². The Morgan fingerprint density at radius 3 is 2.74 bits per heavy atom. The van der Waals surface area contributed by atoms with Gasteiger partial charge in [-0.25, -0.2) is 4.79 Å². The summed E-state index contributed by atoms with van der Waals surface area (Å²) in [6, 6.07) is 0. The van der Waals surface area contributed by atoms with Gasteiger partial charge in [-0.05, 0) is 53.2 Å². The molecular weight excluding hydrogens is 242 g/mol. The van der Waals surface area contributed by atoms with Gasteiger partial charge >= 0.3 is 6.09 Å². The Hall–Kier alpha value is -0.810. The second kappa shape index (κ2) is 7.70. The van der Waals surface area contributed by atoms with Crippen molar-refractivity contribution in [3.63, 3.8) is 0 Å². The maximum absolute atomic E-state index is 11.8. The van der Waals surface area contributed by atoms with Gasteiger partial charge < -0.3 is 19.9 Å². The molecule has 5 nitrogen and oxygen atoms in total. The van der Waals surface area contributed by atoms with Crippen LogP contribution < -0.4 is 5.32 Å². The molecule has 0 atom stereocenters. The topological polar surface area (TPSA) is 44.8 Å². The molecular formula is C14H29N3O2. The number of hydrogen-bond acceptors (Lipinski definition) is 4. The Morgan fingerprint density at radius 1 is 1.32 bits per heavy atom. The van der Waals surface area contributed by atoms with Crippen LogP contribution in [0.5, 0.6) is 0 Å². The van der Waals surface area contributed by atoms with E-state index in [-0.39, 0.29) is 6.09 Å². The van der Waals surface area contributed by atoms with Crippen LogP contribution in [0.15, 0.2) is 0 Å². The molecule has 0 saturated carbocycles. The van der Waals surface area contributed by atoms with Crippen LogP contribution in [-0.4, -0.2) is 67.8 Å². The average Bonchev–Trinajstić information content (AvgIpc) is 2.55. The van der Waals surface area contributed by atoms with Gasteiger partial charge in [0.25, 0.3) is 0 Å². The van der Waals surface area contributed by atoms with E-state index in [1.165, 1.54) is 6.42 Å². The molecule has 1 heterocycles. The quantitative estimate of drug-likeness (QED) is 0.842. The van der Waals surface area contributed by atoms with E-state index < -0.39 is 5.60 Å². The van der Waals surface area contributed by atoms with Crippen molar-refractivity contribution in [3.05, 3.63) is 0 Å². The van der Waals surface area contributed by atoms with E-state index in [1.807, 2.05) is 20.8 Å². The summed E-state index contributed by atoms with van der Waals surface area (Å²) in [6.07, 6.45) is 1.97. The molecule has 0 radical (unpaired) electrons. The highest BCUT2D eigenvalue weighted by molar-refractivity contribution is 5.67. The molecule has 1 aliphatic rings. The summed E-state index contributed by atoms with van der Waals surface area (Å²) in [5.41, 5.74) is -0.415. The first kappa shape index (κ1) is 16.2. The van der Waals surface area contributed by atoms with Crippen LogP contribution in [0.4, 0.5) is 4.79 Å². The lowest BCUT2D eigenvalue weighted by Gasteiger charge is -2.25. The van der Waals surface area contributed by atoms with Crippen LogP contribution >= 0.6 is 0 Å². The van der Waals surface area contributed by atoms with Crippen molar-refractivity contribution in [2.75, 3.05) is 46.3 Å². The second-order valence-electron chi connectivity index (χ2n) is 6.20. The number of amides is 1. The third-order valence-corrected chi connectivity index (χ3v) is 3.11. The molecule has 1 fully saturated rings. The largest absolute Gasteiger partial charge is 0.444 e. The molecule has 0 unspecified atom stereocenters. The number of nitrogens with one attached hydrogen (secondary N) is 1. The molecule has 0 aliphatic carbocycles. The van der Waals surface area contributed by atoms with Crippen molar-refractivity contribution in [1.82, 2.24) is 15.1 Å². The van der Waals surface area contributed by atoms with Gasteiger partial charge in [0.1, 0.15) is 5.60 Å². The zero-order valence-corrected chi connectivity index (χ0v) is 12.9. The Balaban J connectivity index is 2.18. The molecule has 1 aliphatic heterocycles. The van der Waals surface area contributed by atoms with Gasteiger partial charge in [0.15, 0.2) is 0 Å². The van der Waals surface area contributed by atoms with Gasteiger partial charge in [0.2, 0.25) is 0 Å². The molecule has 5 heteroatoms. The van der Waals surface area contributed by atoms with E-state index >= 15 is 0 Å². The summed E-state index contributed by atoms with van der Waals surface area (Å²) in [5.74, 6) is 0. The maximum atomic E-state index is 11.8. The minimum atomic E-state index is -0.415. The Labute approximate surface area is 117 Å². The minimum absolute atomic E-state index is 0.231. The summed E-state index contributed by atoms with van der Waals surface area (Å²) in [4.78, 5) is 15.9. The molecule has 0 bridgehead atoms. The number of carbonyl (C=O) groups is 1. The molecule has 0 aromatic rings. The highest BCUT2D eigenvalue weighted by Gasteiger charge is 2.19. The molecule has 0 spiro atoms. The standard InChI is InChI=1S/C14H29N3O2/c1-14(2,3)19-13(18)16(4)9-6-11-17-10-5-7-15-8-12-17/h15H,5-12H2,1-4H3. The molecule has 1 N–H and O–H groups in total. The Bertz CT molecular complexity index is 268. The van der Waals surface area contributed by atoms with E-state index in [4.69, 9.17) is 4.74 Å². The minimum Gasteiger partial charge on any atom is -0.444 e. The van der Waals surface area contributed by atoms with Crippen molar-refractivity contribution >= 4 is 6.09 Å². The van der Waals surface area contributed by atoms with Crippen LogP contribution in [-0.2, 0) is 4.74 Å². The fourth-order valence-corrected chi connectivity index (χ4v) is 2.09. The first-order valence-corrected chi connectivity index (χ1v) is 7.26. The van der Waals surface area contributed by atoms with Gasteiger partial charge in [-0.1, -0.05) is 0 Å². The zero-order valence-electron chi connectivity index (χ0n) is 12.9. The van der Waals surface area contributed by atoms with Gasteiger partial charge in [0, 0.05) is 26.7 Å². The van der Waals surface area contributed by atoms with Crippen molar-refractivity contribution in [1.29, 1.82) is 0 Å². The highest BCUT2D eigenvalue weighted by Crippen LogP contribution is 2.09. The SMILES string of the molecule is CN(CCCN1CCCNCC1)C(=O)OC(C)(C)C. The lowest BCUT2D eigenvalue weighted by Crippen LogP contribution is -2.36. The van der Waals surface area contributed by atoms with E-state index in [0.29, 0.717) is 0 Å². The maximum Gasteiger partial charge on any atom is 0.410 e. The second-order valence-corrected chi connectivity index (χ2v) is 6.20. The normalized spacial score (nSPS) is 17.9. The van der Waals surface area contributed by atoms with E-state index in [2.05, 4.69) is 10.2 Å². The fourth-order valence-electron chi connectivity index (χ4n) is 2.09. The smallest absolute Gasteiger partial charge is 0.410 e. The molecule has 0 aromatic carbocycles. The molecule has 0 aromatic heterocycles. The Kier molecular flexibility index (Phi) is 6.58. The lowest BCUT2D eigenvalue weighted by atomic mass is 10.2. The third kappa shape index (κ3) is 7.38. The lowest BCUT2D eigenvalue weighted by molar-refractivity contribution is 0.0293. The fraction of sp³-hybridized carbons (Fsp3) is 0.929. The van der Waals surface area contributed by atoms with Gasteiger partial charge in [0.05, 0.1) is 0 Å². The van der Waals surface area contributed by atoms with E-state index in [1.54, 1.807) is 11.9 Å². The van der Waals surface area contributed by atoms with Gasteiger partial charge in [-0.3, -0.25) is 0 Å². The first-order chi connectivity index (χ1) is 8.88. The molecule has 1 amide bonds. The number of hydrogen-bond donors (Lipinski definition) is 1. The third-order valence-electron chi connectivity index (χ3n) is 3.11. The average molecular weight is 271 g/mol. The van der Waals surface area contributed by atoms with Crippen molar-refractivity contribution in [3.8, 4) is 0 Å². The van der Waals surface area contributed by atoms with Crippen molar-refractivity contribution < 1.29 is 9.53 Å². The molecule has 19 heavy (non-hydrogen) atoms. The summed E-state index contributed by atoms with van der Waals surface area (Å²) >= 11 is 0. The van der Waals surface area contributed by atoms with Gasteiger partial charge in [-0.2, -0.15) is 0 Å². The summed E-state index contributed by atoms with van der Waals surface area (Å²) in [6.45, 7) is 11.9. The molecule has 1 rings (SSSR count).